The van der Waals surface area contributed by atoms with Crippen molar-refractivity contribution in [2.45, 2.75) is 33.1 Å². The zero-order chi connectivity index (χ0) is 19.6. The first-order valence-electron chi connectivity index (χ1n) is 9.02. The Bertz CT molecular complexity index is 800. The van der Waals surface area contributed by atoms with Crippen molar-refractivity contribution >= 4 is 29.2 Å². The Kier molecular flexibility index (Phi) is 7.55. The Morgan fingerprint density at radius 1 is 0.889 bits per heavy atom. The number of ether oxygens (including phenoxy) is 1. The van der Waals surface area contributed by atoms with E-state index in [0.29, 0.717) is 5.69 Å². The largest absolute Gasteiger partial charge is 0.462 e. The summed E-state index contributed by atoms with van der Waals surface area (Å²) in [5.41, 5.74) is 2.14. The number of hydrogen-bond acceptors (Lipinski definition) is 4. The summed E-state index contributed by atoms with van der Waals surface area (Å²) in [6, 6.07) is 13.8. The quantitative estimate of drug-likeness (QED) is 0.575. The lowest BCUT2D eigenvalue weighted by atomic mass is 10.1. The van der Waals surface area contributed by atoms with Gasteiger partial charge in [-0.2, -0.15) is 0 Å². The Hall–Kier alpha value is -3.15. The van der Waals surface area contributed by atoms with Crippen LogP contribution in [-0.2, 0) is 20.7 Å². The molecule has 2 aromatic rings. The summed E-state index contributed by atoms with van der Waals surface area (Å²) in [5, 5.41) is 5.01. The molecule has 2 rings (SSSR count). The van der Waals surface area contributed by atoms with Gasteiger partial charge in [-0.05, 0) is 49.6 Å². The second-order valence-corrected chi connectivity index (χ2v) is 5.97. The molecule has 27 heavy (non-hydrogen) atoms. The van der Waals surface area contributed by atoms with E-state index in [0.717, 1.165) is 19.3 Å². The van der Waals surface area contributed by atoms with E-state index < -0.39 is 17.8 Å². The lowest BCUT2D eigenvalue weighted by Gasteiger charge is -2.10. The molecule has 0 aliphatic rings. The molecule has 0 aromatic heterocycles. The Morgan fingerprint density at radius 2 is 1.56 bits per heavy atom. The molecule has 0 fully saturated rings. The molecule has 2 amide bonds. The summed E-state index contributed by atoms with van der Waals surface area (Å²) >= 11 is 0. The number of amides is 2. The van der Waals surface area contributed by atoms with Gasteiger partial charge in [0.15, 0.2) is 0 Å². The fraction of sp³-hybridized carbons (Fsp3) is 0.286. The van der Waals surface area contributed by atoms with Gasteiger partial charge in [0.05, 0.1) is 17.9 Å². The summed E-state index contributed by atoms with van der Waals surface area (Å²) < 4.78 is 4.95. The minimum atomic E-state index is -0.859. The molecule has 6 nitrogen and oxygen atoms in total. The molecule has 2 N–H and O–H groups in total. The van der Waals surface area contributed by atoms with E-state index in [4.69, 9.17) is 4.74 Å². The van der Waals surface area contributed by atoms with Crippen LogP contribution in [0.3, 0.4) is 0 Å². The number of hydrogen-bond donors (Lipinski definition) is 2. The Morgan fingerprint density at radius 3 is 2.22 bits per heavy atom. The molecule has 142 valence electrons. The molecule has 6 heteroatoms. The molecule has 0 atom stereocenters. The molecular weight excluding hydrogens is 344 g/mol. The topological polar surface area (TPSA) is 84.5 Å². The van der Waals surface area contributed by atoms with Crippen molar-refractivity contribution < 1.29 is 19.1 Å². The van der Waals surface area contributed by atoms with Crippen molar-refractivity contribution in [3.8, 4) is 0 Å². The maximum Gasteiger partial charge on any atom is 0.340 e. The summed E-state index contributed by atoms with van der Waals surface area (Å²) in [6.07, 6.45) is 3.20. The maximum atomic E-state index is 12.2. The van der Waals surface area contributed by atoms with Crippen LogP contribution >= 0.6 is 0 Å². The first-order valence-corrected chi connectivity index (χ1v) is 9.02. The zero-order valence-corrected chi connectivity index (χ0v) is 15.6. The first-order chi connectivity index (χ1) is 13.0. The summed E-state index contributed by atoms with van der Waals surface area (Å²) in [6.45, 7) is 4.04. The fourth-order valence-electron chi connectivity index (χ4n) is 2.48. The number of carbonyl (C=O) groups excluding carboxylic acids is 3. The van der Waals surface area contributed by atoms with Crippen LogP contribution in [-0.4, -0.2) is 24.4 Å². The molecular formula is C21H24N2O4. The van der Waals surface area contributed by atoms with Crippen LogP contribution in [0.4, 0.5) is 11.4 Å². The van der Waals surface area contributed by atoms with Crippen molar-refractivity contribution in [2.75, 3.05) is 17.2 Å². The van der Waals surface area contributed by atoms with Gasteiger partial charge in [-0.25, -0.2) is 4.79 Å². The number of para-hydroxylation sites is 1. The predicted molar refractivity (Wildman–Crippen MR) is 105 cm³/mol. The highest BCUT2D eigenvalue weighted by molar-refractivity contribution is 6.43. The SMILES string of the molecule is CCCCc1ccc(NC(=O)C(=O)Nc2ccccc2C(=O)OCC)cc1. The second kappa shape index (κ2) is 10.1. The van der Waals surface area contributed by atoms with Gasteiger partial charge in [-0.3, -0.25) is 9.59 Å². The van der Waals surface area contributed by atoms with Gasteiger partial charge < -0.3 is 15.4 Å². The summed E-state index contributed by atoms with van der Waals surface area (Å²) in [7, 11) is 0. The van der Waals surface area contributed by atoms with Gasteiger partial charge >= 0.3 is 17.8 Å². The Labute approximate surface area is 158 Å². The monoisotopic (exact) mass is 368 g/mol. The third kappa shape index (κ3) is 5.95. The van der Waals surface area contributed by atoms with Crippen LogP contribution in [0.5, 0.6) is 0 Å². The number of anilines is 2. The molecule has 0 bridgehead atoms. The van der Waals surface area contributed by atoms with E-state index in [2.05, 4.69) is 17.6 Å². The van der Waals surface area contributed by atoms with E-state index in [1.54, 1.807) is 37.3 Å². The molecule has 0 aliphatic carbocycles. The molecule has 0 spiro atoms. The van der Waals surface area contributed by atoms with Crippen molar-refractivity contribution in [1.29, 1.82) is 0 Å². The van der Waals surface area contributed by atoms with Gasteiger partial charge in [0.2, 0.25) is 0 Å². The third-order valence-electron chi connectivity index (χ3n) is 3.91. The summed E-state index contributed by atoms with van der Waals surface area (Å²) in [5.74, 6) is -2.23. The van der Waals surface area contributed by atoms with Crippen LogP contribution in [0.25, 0.3) is 0 Å². The number of rotatable bonds is 7. The van der Waals surface area contributed by atoms with E-state index in [9.17, 15) is 14.4 Å². The van der Waals surface area contributed by atoms with E-state index in [1.807, 2.05) is 12.1 Å². The smallest absolute Gasteiger partial charge is 0.340 e. The average molecular weight is 368 g/mol. The molecule has 0 unspecified atom stereocenters. The third-order valence-corrected chi connectivity index (χ3v) is 3.91. The molecule has 0 heterocycles. The van der Waals surface area contributed by atoms with Crippen LogP contribution in [0.15, 0.2) is 48.5 Å². The van der Waals surface area contributed by atoms with Gasteiger partial charge in [-0.1, -0.05) is 37.6 Å². The zero-order valence-electron chi connectivity index (χ0n) is 15.6. The van der Waals surface area contributed by atoms with E-state index in [1.165, 1.54) is 11.6 Å². The number of benzene rings is 2. The molecule has 0 saturated carbocycles. The lowest BCUT2D eigenvalue weighted by Crippen LogP contribution is -2.29. The van der Waals surface area contributed by atoms with Crippen molar-refractivity contribution in [3.05, 3.63) is 59.7 Å². The molecule has 0 aliphatic heterocycles. The fourth-order valence-corrected chi connectivity index (χ4v) is 2.48. The second-order valence-electron chi connectivity index (χ2n) is 5.97. The average Bonchev–Trinajstić information content (AvgIpc) is 2.68. The highest BCUT2D eigenvalue weighted by Gasteiger charge is 2.18. The molecule has 0 saturated heterocycles. The molecule has 2 aromatic carbocycles. The van der Waals surface area contributed by atoms with Crippen molar-refractivity contribution in [2.24, 2.45) is 0 Å². The highest BCUT2D eigenvalue weighted by atomic mass is 16.5. The normalized spacial score (nSPS) is 10.1. The van der Waals surface area contributed by atoms with Crippen LogP contribution in [0.1, 0.15) is 42.6 Å². The standard InChI is InChI=1S/C21H24N2O4/c1-3-5-8-15-11-13-16(14-12-15)22-19(24)20(25)23-18-10-7-6-9-17(18)21(26)27-4-2/h6-7,9-14H,3-5,8H2,1-2H3,(H,22,24)(H,23,25). The number of unbranched alkanes of at least 4 members (excludes halogenated alkanes) is 1. The van der Waals surface area contributed by atoms with Gasteiger partial charge in [-0.15, -0.1) is 0 Å². The Balaban J connectivity index is 2.00. The van der Waals surface area contributed by atoms with Gasteiger partial charge in [0.1, 0.15) is 0 Å². The summed E-state index contributed by atoms with van der Waals surface area (Å²) in [4.78, 5) is 36.3. The number of carbonyl (C=O) groups is 3. The minimum Gasteiger partial charge on any atom is -0.462 e. The van der Waals surface area contributed by atoms with Gasteiger partial charge in [0.25, 0.3) is 0 Å². The van der Waals surface area contributed by atoms with E-state index in [-0.39, 0.29) is 17.9 Å². The minimum absolute atomic E-state index is 0.195. The van der Waals surface area contributed by atoms with Gasteiger partial charge in [0, 0.05) is 5.69 Å². The predicted octanol–water partition coefficient (Wildman–Crippen LogP) is 3.78. The van der Waals surface area contributed by atoms with E-state index >= 15 is 0 Å². The first kappa shape index (κ1) is 20.2. The highest BCUT2D eigenvalue weighted by Crippen LogP contribution is 2.17. The number of esters is 1. The van der Waals surface area contributed by atoms with Crippen LogP contribution in [0.2, 0.25) is 0 Å². The number of nitrogens with one attached hydrogen (secondary N) is 2. The van der Waals surface area contributed by atoms with Crippen LogP contribution < -0.4 is 10.6 Å². The van der Waals surface area contributed by atoms with Crippen LogP contribution in [0, 0.1) is 0 Å². The van der Waals surface area contributed by atoms with Crippen molar-refractivity contribution in [1.82, 2.24) is 0 Å². The number of aryl methyl sites for hydroxylation is 1. The molecule has 0 radical (unpaired) electrons. The maximum absolute atomic E-state index is 12.2. The lowest BCUT2D eigenvalue weighted by molar-refractivity contribution is -0.133. The van der Waals surface area contributed by atoms with Crippen molar-refractivity contribution in [3.63, 3.8) is 0 Å².